The molecule has 186 valence electrons. The van der Waals surface area contributed by atoms with Crippen molar-refractivity contribution in [3.05, 3.63) is 35.9 Å². The van der Waals surface area contributed by atoms with E-state index in [1.807, 2.05) is 0 Å². The van der Waals surface area contributed by atoms with Gasteiger partial charge in [0, 0.05) is 12.3 Å². The predicted molar refractivity (Wildman–Crippen MR) is 110 cm³/mol. The summed E-state index contributed by atoms with van der Waals surface area (Å²) in [5, 5.41) is 51.2. The lowest BCUT2D eigenvalue weighted by molar-refractivity contribution is -0.344. The van der Waals surface area contributed by atoms with Gasteiger partial charge in [-0.1, -0.05) is 18.2 Å². The Kier molecular flexibility index (Phi) is 5.52. The van der Waals surface area contributed by atoms with E-state index in [0.29, 0.717) is 0 Å². The minimum absolute atomic E-state index is 0.0716. The summed E-state index contributed by atoms with van der Waals surface area (Å²) in [6.45, 7) is 0.547. The Morgan fingerprint density at radius 2 is 1.79 bits per heavy atom. The van der Waals surface area contributed by atoms with Crippen LogP contribution >= 0.6 is 0 Å². The van der Waals surface area contributed by atoms with Crippen molar-refractivity contribution in [3.8, 4) is 0 Å². The Morgan fingerprint density at radius 1 is 1.09 bits per heavy atom. The number of hydrogen-bond donors (Lipinski definition) is 5. The molecule has 1 aromatic rings. The van der Waals surface area contributed by atoms with Gasteiger partial charge in [0.15, 0.2) is 6.29 Å². The second-order valence-electron chi connectivity index (χ2n) is 9.76. The van der Waals surface area contributed by atoms with Crippen molar-refractivity contribution in [2.24, 2.45) is 11.3 Å². The normalized spacial score (nSPS) is 47.0. The van der Waals surface area contributed by atoms with Gasteiger partial charge in [-0.2, -0.15) is 0 Å². The summed E-state index contributed by atoms with van der Waals surface area (Å²) in [6, 6.07) is 8.21. The van der Waals surface area contributed by atoms with E-state index in [2.05, 4.69) is 0 Å². The fourth-order valence-corrected chi connectivity index (χ4v) is 6.33. The lowest BCUT2D eigenvalue weighted by atomic mass is 9.74. The van der Waals surface area contributed by atoms with Crippen LogP contribution in [0.25, 0.3) is 0 Å². The summed E-state index contributed by atoms with van der Waals surface area (Å²) in [5.41, 5.74) is -4.09. The van der Waals surface area contributed by atoms with Crippen molar-refractivity contribution in [1.29, 1.82) is 0 Å². The van der Waals surface area contributed by atoms with Crippen molar-refractivity contribution in [2.75, 3.05) is 13.2 Å². The molecule has 4 fully saturated rings. The van der Waals surface area contributed by atoms with E-state index in [0.717, 1.165) is 0 Å². The van der Waals surface area contributed by atoms with Crippen molar-refractivity contribution in [1.82, 2.24) is 0 Å². The first-order chi connectivity index (χ1) is 16.1. The molecule has 5 N–H and O–H groups in total. The zero-order valence-electron chi connectivity index (χ0n) is 18.4. The summed E-state index contributed by atoms with van der Waals surface area (Å²) in [7, 11) is 0. The highest BCUT2D eigenvalue weighted by Crippen LogP contribution is 2.72. The largest absolute Gasteiger partial charge is 0.461 e. The summed E-state index contributed by atoms with van der Waals surface area (Å²) >= 11 is 0. The molecule has 2 heterocycles. The fourth-order valence-electron chi connectivity index (χ4n) is 6.33. The molecular formula is C23H28O11. The van der Waals surface area contributed by atoms with Crippen LogP contribution in [0.1, 0.15) is 30.1 Å². The molecule has 0 radical (unpaired) electrons. The number of ether oxygens (including phenoxy) is 4. The van der Waals surface area contributed by atoms with Gasteiger partial charge in [-0.3, -0.25) is 4.79 Å². The molecule has 34 heavy (non-hydrogen) atoms. The molecule has 1 aromatic carbocycles. The molecule has 5 rings (SSSR count). The summed E-state index contributed by atoms with van der Waals surface area (Å²) in [5.74, 6) is -2.01. The SMILES string of the molecule is C[C@]12C[C@H]3[C@H](O)C[C@@]1(O[C@@H]1O[C@H](CO)[C@@H](O)[C@H](O)[C@H]1O)[C@]3(COC(=O)c1ccccc1)C(=O)O2. The standard InChI is InChI=1S/C23H28O11/c1-21-7-12-13(25)8-23(21,33-19-17(28)16(27)15(26)14(9-24)32-19)22(12,20(30)34-21)10-31-18(29)11-5-3-2-4-6-11/h2-6,12-17,19,24-28H,7-10H2,1H3/t12-,13+,14+,15+,16-,17+,19-,21-,22-,23-/m0/s1. The van der Waals surface area contributed by atoms with Crippen LogP contribution in [0.4, 0.5) is 0 Å². The molecule has 2 aliphatic heterocycles. The summed E-state index contributed by atoms with van der Waals surface area (Å²) < 4.78 is 23.0. The zero-order chi connectivity index (χ0) is 24.5. The number of benzene rings is 1. The van der Waals surface area contributed by atoms with Gasteiger partial charge >= 0.3 is 11.9 Å². The van der Waals surface area contributed by atoms with Gasteiger partial charge in [0.05, 0.1) is 18.3 Å². The highest BCUT2D eigenvalue weighted by atomic mass is 16.7. The third kappa shape index (κ3) is 2.95. The highest BCUT2D eigenvalue weighted by Gasteiger charge is 2.88. The molecule has 0 unspecified atom stereocenters. The van der Waals surface area contributed by atoms with Crippen LogP contribution in [0.2, 0.25) is 0 Å². The van der Waals surface area contributed by atoms with Crippen LogP contribution in [-0.4, -0.2) is 98.7 Å². The summed E-state index contributed by atoms with van der Waals surface area (Å²) in [4.78, 5) is 25.9. The van der Waals surface area contributed by atoms with Crippen LogP contribution < -0.4 is 0 Å². The van der Waals surface area contributed by atoms with E-state index in [-0.39, 0.29) is 18.4 Å². The second kappa shape index (κ2) is 7.95. The molecule has 11 nitrogen and oxygen atoms in total. The van der Waals surface area contributed by atoms with Gasteiger partial charge in [0.2, 0.25) is 0 Å². The predicted octanol–water partition coefficient (Wildman–Crippen LogP) is -1.51. The number of aliphatic hydroxyl groups excluding tert-OH is 5. The van der Waals surface area contributed by atoms with Crippen LogP contribution in [0.3, 0.4) is 0 Å². The van der Waals surface area contributed by atoms with Crippen LogP contribution in [0, 0.1) is 11.3 Å². The second-order valence-corrected chi connectivity index (χ2v) is 9.76. The molecule has 2 saturated heterocycles. The van der Waals surface area contributed by atoms with E-state index < -0.39 is 84.5 Å². The average molecular weight is 480 g/mol. The first-order valence-electron chi connectivity index (χ1n) is 11.2. The Hall–Kier alpha value is -2.12. The van der Waals surface area contributed by atoms with E-state index in [9.17, 15) is 35.1 Å². The third-order valence-corrected chi connectivity index (χ3v) is 8.07. The number of rotatable bonds is 6. The molecule has 4 aliphatic rings. The maximum atomic E-state index is 13.2. The van der Waals surface area contributed by atoms with E-state index in [1.165, 1.54) is 0 Å². The van der Waals surface area contributed by atoms with Crippen LogP contribution in [0.5, 0.6) is 0 Å². The smallest absolute Gasteiger partial charge is 0.338 e. The van der Waals surface area contributed by atoms with Gasteiger partial charge in [-0.25, -0.2) is 4.79 Å². The number of carbonyl (C=O) groups is 2. The molecule has 0 amide bonds. The first kappa shape index (κ1) is 23.6. The van der Waals surface area contributed by atoms with Crippen LogP contribution in [0.15, 0.2) is 30.3 Å². The Bertz CT molecular complexity index is 969. The Labute approximate surface area is 194 Å². The number of aliphatic hydroxyl groups is 5. The van der Waals surface area contributed by atoms with Crippen molar-refractivity contribution < 1.29 is 54.1 Å². The third-order valence-electron chi connectivity index (χ3n) is 8.07. The first-order valence-corrected chi connectivity index (χ1v) is 11.2. The minimum atomic E-state index is -1.72. The molecule has 4 bridgehead atoms. The van der Waals surface area contributed by atoms with E-state index >= 15 is 0 Å². The van der Waals surface area contributed by atoms with Crippen molar-refractivity contribution in [3.63, 3.8) is 0 Å². The van der Waals surface area contributed by atoms with E-state index in [1.54, 1.807) is 37.3 Å². The van der Waals surface area contributed by atoms with Crippen molar-refractivity contribution in [2.45, 2.75) is 67.8 Å². The monoisotopic (exact) mass is 480 g/mol. The van der Waals surface area contributed by atoms with Gasteiger partial charge in [0.1, 0.15) is 47.6 Å². The number of hydrogen-bond acceptors (Lipinski definition) is 11. The molecule has 2 saturated carbocycles. The topological polar surface area (TPSA) is 172 Å². The Morgan fingerprint density at radius 3 is 2.47 bits per heavy atom. The maximum absolute atomic E-state index is 13.2. The summed E-state index contributed by atoms with van der Waals surface area (Å²) in [6.07, 6.45) is -8.61. The van der Waals surface area contributed by atoms with Gasteiger partial charge in [0.25, 0.3) is 0 Å². The average Bonchev–Trinajstić information content (AvgIpc) is 3.26. The molecule has 0 spiro atoms. The highest BCUT2D eigenvalue weighted by molar-refractivity contribution is 5.90. The van der Waals surface area contributed by atoms with Crippen molar-refractivity contribution >= 4 is 11.9 Å². The quantitative estimate of drug-likeness (QED) is 0.300. The lowest BCUT2D eigenvalue weighted by Gasteiger charge is -2.47. The van der Waals surface area contributed by atoms with Crippen LogP contribution in [-0.2, 0) is 23.7 Å². The van der Waals surface area contributed by atoms with Gasteiger partial charge < -0.3 is 44.5 Å². The number of carbonyl (C=O) groups excluding carboxylic acids is 2. The molecule has 2 aliphatic carbocycles. The molecule has 0 aromatic heterocycles. The molecular weight excluding hydrogens is 452 g/mol. The fraction of sp³-hybridized carbons (Fsp3) is 0.652. The molecule has 10 atom stereocenters. The lowest BCUT2D eigenvalue weighted by Crippen LogP contribution is -2.64. The minimum Gasteiger partial charge on any atom is -0.461 e. The maximum Gasteiger partial charge on any atom is 0.338 e. The molecule has 11 heteroatoms. The Balaban J connectivity index is 1.48. The van der Waals surface area contributed by atoms with E-state index in [4.69, 9.17) is 18.9 Å². The van der Waals surface area contributed by atoms with Gasteiger partial charge in [-0.05, 0) is 25.5 Å². The van der Waals surface area contributed by atoms with Gasteiger partial charge in [-0.15, -0.1) is 0 Å². The number of esters is 2. The zero-order valence-corrected chi connectivity index (χ0v) is 18.4.